The molecule has 0 unspecified atom stereocenters. The summed E-state index contributed by atoms with van der Waals surface area (Å²) >= 11 is 3.40. The Hall–Kier alpha value is -1.33. The summed E-state index contributed by atoms with van der Waals surface area (Å²) in [6.45, 7) is 4.11. The molecule has 0 bridgehead atoms. The second-order valence-corrected chi connectivity index (χ2v) is 5.94. The highest BCUT2D eigenvalue weighted by Gasteiger charge is 2.17. The van der Waals surface area contributed by atoms with E-state index in [-0.39, 0.29) is 24.0 Å². The van der Waals surface area contributed by atoms with Crippen molar-refractivity contribution in [2.45, 2.75) is 19.9 Å². The van der Waals surface area contributed by atoms with Crippen LogP contribution in [-0.2, 0) is 0 Å². The molecule has 1 aromatic carbocycles. The average Bonchev–Trinajstić information content (AvgIpc) is 2.41. The van der Waals surface area contributed by atoms with Gasteiger partial charge in [-0.15, -0.1) is 0 Å². The van der Waals surface area contributed by atoms with E-state index in [1.807, 2.05) is 24.5 Å². The molecule has 20 heavy (non-hydrogen) atoms. The number of aliphatic hydroxyl groups is 1. The van der Waals surface area contributed by atoms with Crippen LogP contribution < -0.4 is 10.2 Å². The molecule has 1 heterocycles. The predicted octanol–water partition coefficient (Wildman–Crippen LogP) is 2.96. The SMILES string of the molecule is COc1cc2c(cc1Br)c(=O)ccn2[C@H](CO)C(C)C. The van der Waals surface area contributed by atoms with Crippen molar-refractivity contribution in [1.82, 2.24) is 4.57 Å². The van der Waals surface area contributed by atoms with Gasteiger partial charge in [0.2, 0.25) is 0 Å². The van der Waals surface area contributed by atoms with Crippen LogP contribution in [0.15, 0.2) is 33.7 Å². The molecule has 0 aliphatic rings. The highest BCUT2D eigenvalue weighted by atomic mass is 79.9. The number of halogens is 1. The van der Waals surface area contributed by atoms with E-state index >= 15 is 0 Å². The van der Waals surface area contributed by atoms with E-state index in [1.54, 1.807) is 19.4 Å². The topological polar surface area (TPSA) is 51.5 Å². The standard InChI is InChI=1S/C15H18BrNO3/c1-9(2)13(8-18)17-5-4-14(19)10-6-11(16)15(20-3)7-12(10)17/h4-7,9,13,18H,8H2,1-3H3/t13-/m1/s1. The number of fused-ring (bicyclic) bond motifs is 1. The van der Waals surface area contributed by atoms with E-state index in [1.165, 1.54) is 6.07 Å². The predicted molar refractivity (Wildman–Crippen MR) is 83.4 cm³/mol. The second kappa shape index (κ2) is 5.97. The van der Waals surface area contributed by atoms with Gasteiger partial charge in [0.05, 0.1) is 29.7 Å². The van der Waals surface area contributed by atoms with Gasteiger partial charge < -0.3 is 14.4 Å². The molecule has 0 aliphatic heterocycles. The molecule has 0 aliphatic carbocycles. The Kier molecular flexibility index (Phi) is 4.50. The lowest BCUT2D eigenvalue weighted by Crippen LogP contribution is -2.21. The maximum absolute atomic E-state index is 12.0. The van der Waals surface area contributed by atoms with Crippen LogP contribution in [0.5, 0.6) is 5.75 Å². The first-order chi connectivity index (χ1) is 9.49. The monoisotopic (exact) mass is 339 g/mol. The van der Waals surface area contributed by atoms with E-state index in [0.29, 0.717) is 11.1 Å². The number of methoxy groups -OCH3 is 1. The number of benzene rings is 1. The summed E-state index contributed by atoms with van der Waals surface area (Å²) in [6.07, 6.45) is 1.74. The quantitative estimate of drug-likeness (QED) is 0.931. The van der Waals surface area contributed by atoms with E-state index in [2.05, 4.69) is 15.9 Å². The van der Waals surface area contributed by atoms with Gasteiger partial charge >= 0.3 is 0 Å². The molecule has 108 valence electrons. The highest BCUT2D eigenvalue weighted by Crippen LogP contribution is 2.31. The molecule has 5 heteroatoms. The molecular weight excluding hydrogens is 322 g/mol. The summed E-state index contributed by atoms with van der Waals surface area (Å²) in [6, 6.07) is 5.05. The van der Waals surface area contributed by atoms with Crippen LogP contribution in [0.4, 0.5) is 0 Å². The Bertz CT molecular complexity index is 679. The third kappa shape index (κ3) is 2.60. The van der Waals surface area contributed by atoms with Crippen LogP contribution in [0.25, 0.3) is 10.9 Å². The molecule has 2 aromatic rings. The van der Waals surface area contributed by atoms with Gasteiger partial charge in [-0.25, -0.2) is 0 Å². The van der Waals surface area contributed by atoms with Crippen molar-refractivity contribution >= 4 is 26.8 Å². The summed E-state index contributed by atoms with van der Waals surface area (Å²) in [5.41, 5.74) is 0.727. The number of nitrogens with zero attached hydrogens (tertiary/aromatic N) is 1. The number of pyridine rings is 1. The first kappa shape index (κ1) is 15.1. The van der Waals surface area contributed by atoms with Crippen molar-refractivity contribution in [3.63, 3.8) is 0 Å². The van der Waals surface area contributed by atoms with Crippen LogP contribution in [0.3, 0.4) is 0 Å². The van der Waals surface area contributed by atoms with Gasteiger partial charge in [-0.2, -0.15) is 0 Å². The Balaban J connectivity index is 2.79. The second-order valence-electron chi connectivity index (χ2n) is 5.09. The molecular formula is C15H18BrNO3. The van der Waals surface area contributed by atoms with Crippen molar-refractivity contribution < 1.29 is 9.84 Å². The zero-order chi connectivity index (χ0) is 14.9. The summed E-state index contributed by atoms with van der Waals surface area (Å²) in [7, 11) is 1.59. The van der Waals surface area contributed by atoms with Gasteiger partial charge in [0.15, 0.2) is 5.43 Å². The molecule has 1 aromatic heterocycles. The first-order valence-corrected chi connectivity index (χ1v) is 7.28. The lowest BCUT2D eigenvalue weighted by Gasteiger charge is -2.24. The molecule has 1 atom stereocenters. The molecule has 0 radical (unpaired) electrons. The number of rotatable bonds is 4. The van der Waals surface area contributed by atoms with Crippen LogP contribution in [0.2, 0.25) is 0 Å². The van der Waals surface area contributed by atoms with Crippen molar-refractivity contribution in [3.05, 3.63) is 39.1 Å². The van der Waals surface area contributed by atoms with Gasteiger partial charge in [0.1, 0.15) is 5.75 Å². The Morgan fingerprint density at radius 2 is 2.10 bits per heavy atom. The van der Waals surface area contributed by atoms with Crippen molar-refractivity contribution in [2.24, 2.45) is 5.92 Å². The fraction of sp³-hybridized carbons (Fsp3) is 0.400. The molecule has 1 N–H and O–H groups in total. The number of hydrogen-bond donors (Lipinski definition) is 1. The summed E-state index contributed by atoms with van der Waals surface area (Å²) in [4.78, 5) is 12.0. The van der Waals surface area contributed by atoms with E-state index in [4.69, 9.17) is 4.74 Å². The van der Waals surface area contributed by atoms with Crippen LogP contribution in [-0.4, -0.2) is 23.4 Å². The summed E-state index contributed by atoms with van der Waals surface area (Å²) < 4.78 is 7.98. The fourth-order valence-electron chi connectivity index (χ4n) is 2.34. The van der Waals surface area contributed by atoms with Crippen molar-refractivity contribution in [1.29, 1.82) is 0 Å². The molecule has 0 saturated carbocycles. The first-order valence-electron chi connectivity index (χ1n) is 6.48. The zero-order valence-electron chi connectivity index (χ0n) is 11.8. The maximum atomic E-state index is 12.0. The third-order valence-corrected chi connectivity index (χ3v) is 4.13. The van der Waals surface area contributed by atoms with Gasteiger partial charge in [-0.05, 0) is 27.9 Å². The molecule has 0 amide bonds. The Morgan fingerprint density at radius 1 is 1.40 bits per heavy atom. The van der Waals surface area contributed by atoms with Crippen molar-refractivity contribution in [2.75, 3.05) is 13.7 Å². The molecule has 0 saturated heterocycles. The number of aromatic nitrogens is 1. The van der Waals surface area contributed by atoms with Gasteiger partial charge in [0.25, 0.3) is 0 Å². The zero-order valence-corrected chi connectivity index (χ0v) is 13.3. The van der Waals surface area contributed by atoms with Gasteiger partial charge in [0, 0.05) is 23.7 Å². The van der Waals surface area contributed by atoms with Gasteiger partial charge in [-0.3, -0.25) is 4.79 Å². The largest absolute Gasteiger partial charge is 0.495 e. The molecule has 2 rings (SSSR count). The van der Waals surface area contributed by atoms with Crippen LogP contribution in [0.1, 0.15) is 19.9 Å². The normalized spacial score (nSPS) is 12.9. The number of hydrogen-bond acceptors (Lipinski definition) is 3. The van der Waals surface area contributed by atoms with Gasteiger partial charge in [-0.1, -0.05) is 13.8 Å². The lowest BCUT2D eigenvalue weighted by molar-refractivity contribution is 0.196. The summed E-state index contributed by atoms with van der Waals surface area (Å²) in [5.74, 6) is 0.914. The van der Waals surface area contributed by atoms with E-state index < -0.39 is 0 Å². The maximum Gasteiger partial charge on any atom is 0.189 e. The number of ether oxygens (including phenoxy) is 1. The van der Waals surface area contributed by atoms with E-state index in [9.17, 15) is 9.90 Å². The van der Waals surface area contributed by atoms with E-state index in [0.717, 1.165) is 9.99 Å². The molecule has 4 nitrogen and oxygen atoms in total. The summed E-state index contributed by atoms with van der Waals surface area (Å²) in [5, 5.41) is 10.2. The molecule has 0 fully saturated rings. The Labute approximate surface area is 126 Å². The number of aliphatic hydroxyl groups excluding tert-OH is 1. The Morgan fingerprint density at radius 3 is 2.65 bits per heavy atom. The van der Waals surface area contributed by atoms with Crippen LogP contribution in [0, 0.1) is 5.92 Å². The van der Waals surface area contributed by atoms with Crippen molar-refractivity contribution in [3.8, 4) is 5.75 Å². The van der Waals surface area contributed by atoms with Crippen LogP contribution >= 0.6 is 15.9 Å². The average molecular weight is 340 g/mol. The minimum Gasteiger partial charge on any atom is -0.495 e. The third-order valence-electron chi connectivity index (χ3n) is 3.51. The minimum atomic E-state index is -0.0796. The fourth-order valence-corrected chi connectivity index (χ4v) is 2.84. The highest BCUT2D eigenvalue weighted by molar-refractivity contribution is 9.10. The minimum absolute atomic E-state index is 0.0218. The smallest absolute Gasteiger partial charge is 0.189 e. The lowest BCUT2D eigenvalue weighted by atomic mass is 10.0. The molecule has 0 spiro atoms.